The second kappa shape index (κ2) is 9.61. The lowest BCUT2D eigenvalue weighted by Crippen LogP contribution is -2.40. The molecule has 1 atom stereocenters. The van der Waals surface area contributed by atoms with Crippen LogP contribution in [0.25, 0.3) is 0 Å². The number of amidine groups is 1. The molecule has 0 saturated carbocycles. The van der Waals surface area contributed by atoms with Crippen LogP contribution in [0.2, 0.25) is 0 Å². The van der Waals surface area contributed by atoms with Gasteiger partial charge in [0.1, 0.15) is 11.5 Å². The SMILES string of the molecule is COc1ccc(N=C2N=C(N/N=C\c3ccc(N(C)C)cc3)N=C(C)[C@H]2[N+](=O)[O-])cc1. The van der Waals surface area contributed by atoms with Gasteiger partial charge >= 0.3 is 6.04 Å². The minimum Gasteiger partial charge on any atom is -0.497 e. The maximum Gasteiger partial charge on any atom is 0.309 e. The molecule has 2 aromatic rings. The van der Waals surface area contributed by atoms with E-state index >= 15 is 0 Å². The van der Waals surface area contributed by atoms with Gasteiger partial charge in [-0.2, -0.15) is 10.1 Å². The molecule has 1 heterocycles. The van der Waals surface area contributed by atoms with Crippen LogP contribution in [0.15, 0.2) is 68.6 Å². The topological polar surface area (TPSA) is 117 Å². The summed E-state index contributed by atoms with van der Waals surface area (Å²) >= 11 is 0. The number of guanidine groups is 1. The van der Waals surface area contributed by atoms with E-state index in [1.54, 1.807) is 44.5 Å². The van der Waals surface area contributed by atoms with Gasteiger partial charge in [-0.1, -0.05) is 12.1 Å². The number of anilines is 1. The van der Waals surface area contributed by atoms with Gasteiger partial charge in [0.25, 0.3) is 0 Å². The number of hydrogen-bond acceptors (Lipinski definition) is 8. The summed E-state index contributed by atoms with van der Waals surface area (Å²) in [6, 6.07) is 13.4. The van der Waals surface area contributed by atoms with E-state index in [2.05, 4.69) is 25.5 Å². The van der Waals surface area contributed by atoms with Crippen molar-refractivity contribution in [3.63, 3.8) is 0 Å². The van der Waals surface area contributed by atoms with Crippen molar-refractivity contribution >= 4 is 35.1 Å². The average molecular weight is 421 g/mol. The van der Waals surface area contributed by atoms with Crippen molar-refractivity contribution in [2.75, 3.05) is 26.1 Å². The van der Waals surface area contributed by atoms with Gasteiger partial charge in [0, 0.05) is 24.7 Å². The highest BCUT2D eigenvalue weighted by Crippen LogP contribution is 2.20. The van der Waals surface area contributed by atoms with E-state index in [-0.39, 0.29) is 17.5 Å². The number of ether oxygens (including phenoxy) is 1. The molecular formula is C21H23N7O3. The summed E-state index contributed by atoms with van der Waals surface area (Å²) in [5, 5.41) is 15.7. The van der Waals surface area contributed by atoms with E-state index in [0.717, 1.165) is 11.3 Å². The standard InChI is InChI=1S/C21H23N7O3/c1-14-19(28(29)30)20(24-16-7-11-18(31-4)12-8-16)25-21(23-14)26-22-13-15-5-9-17(10-6-15)27(2)3/h5-13,19H,1-4H3,(H,24,25,26)/b22-13-/t19-/m1/s1. The fourth-order valence-corrected chi connectivity index (χ4v) is 2.80. The van der Waals surface area contributed by atoms with Crippen LogP contribution in [0.4, 0.5) is 11.4 Å². The molecule has 0 unspecified atom stereocenters. The number of benzene rings is 2. The Balaban J connectivity index is 1.81. The lowest BCUT2D eigenvalue weighted by molar-refractivity contribution is -0.484. The lowest BCUT2D eigenvalue weighted by Gasteiger charge is -2.15. The summed E-state index contributed by atoms with van der Waals surface area (Å²) in [5.74, 6) is 0.815. The molecule has 1 aliphatic rings. The molecule has 0 spiro atoms. The summed E-state index contributed by atoms with van der Waals surface area (Å²) in [5.41, 5.74) is 5.47. The molecule has 31 heavy (non-hydrogen) atoms. The van der Waals surface area contributed by atoms with Crippen molar-refractivity contribution in [3.8, 4) is 5.75 Å². The van der Waals surface area contributed by atoms with Gasteiger partial charge in [-0.3, -0.25) is 10.1 Å². The van der Waals surface area contributed by atoms with E-state index < -0.39 is 11.0 Å². The van der Waals surface area contributed by atoms with Gasteiger partial charge < -0.3 is 9.64 Å². The Labute approximate surface area is 179 Å². The van der Waals surface area contributed by atoms with Crippen molar-refractivity contribution in [1.82, 2.24) is 5.43 Å². The number of nitrogens with one attached hydrogen (secondary N) is 1. The summed E-state index contributed by atoms with van der Waals surface area (Å²) < 4.78 is 5.12. The highest BCUT2D eigenvalue weighted by atomic mass is 16.6. The average Bonchev–Trinajstić information content (AvgIpc) is 2.74. The third-order valence-electron chi connectivity index (χ3n) is 4.46. The van der Waals surface area contributed by atoms with Crippen molar-refractivity contribution in [3.05, 3.63) is 64.2 Å². The number of nitrogens with zero attached hydrogens (tertiary/aromatic N) is 6. The summed E-state index contributed by atoms with van der Waals surface area (Å²) in [6.07, 6.45) is 1.62. The Morgan fingerprint density at radius 2 is 1.81 bits per heavy atom. The molecule has 160 valence electrons. The highest BCUT2D eigenvalue weighted by Gasteiger charge is 2.34. The molecule has 0 aliphatic carbocycles. The first kappa shape index (κ1) is 21.6. The van der Waals surface area contributed by atoms with Crippen LogP contribution in [0.3, 0.4) is 0 Å². The minimum absolute atomic E-state index is 0.0238. The number of hydrogen-bond donors (Lipinski definition) is 1. The molecule has 10 nitrogen and oxygen atoms in total. The van der Waals surface area contributed by atoms with Crippen LogP contribution in [0, 0.1) is 10.1 Å². The van der Waals surface area contributed by atoms with Gasteiger partial charge in [-0.25, -0.2) is 15.4 Å². The molecule has 1 aliphatic heterocycles. The Bertz CT molecular complexity index is 1060. The molecule has 0 amide bonds. The Hall–Kier alpha value is -4.08. The molecule has 0 aromatic heterocycles. The Morgan fingerprint density at radius 1 is 1.13 bits per heavy atom. The van der Waals surface area contributed by atoms with Crippen molar-refractivity contribution < 1.29 is 9.66 Å². The number of nitro groups is 1. The Kier molecular flexibility index (Phi) is 6.71. The zero-order valence-electron chi connectivity index (χ0n) is 17.7. The zero-order valence-corrected chi connectivity index (χ0v) is 17.7. The van der Waals surface area contributed by atoms with Crippen LogP contribution in [0.5, 0.6) is 5.75 Å². The van der Waals surface area contributed by atoms with Crippen LogP contribution in [-0.4, -0.2) is 55.9 Å². The molecule has 3 rings (SSSR count). The second-order valence-electron chi connectivity index (χ2n) is 6.90. The summed E-state index contributed by atoms with van der Waals surface area (Å²) in [6.45, 7) is 1.57. The van der Waals surface area contributed by atoms with Crippen LogP contribution in [0.1, 0.15) is 12.5 Å². The fraction of sp³-hybridized carbons (Fsp3) is 0.238. The largest absolute Gasteiger partial charge is 0.497 e. The first-order valence-electron chi connectivity index (χ1n) is 9.44. The maximum absolute atomic E-state index is 11.5. The number of rotatable bonds is 6. The third kappa shape index (κ3) is 5.50. The van der Waals surface area contributed by atoms with Gasteiger partial charge in [0.05, 0.1) is 19.0 Å². The summed E-state index contributed by atoms with van der Waals surface area (Å²) in [4.78, 5) is 25.8. The number of aliphatic imine (C=N–C) groups is 3. The predicted molar refractivity (Wildman–Crippen MR) is 123 cm³/mol. The van der Waals surface area contributed by atoms with Crippen molar-refractivity contribution in [2.24, 2.45) is 20.1 Å². The van der Waals surface area contributed by atoms with E-state index in [9.17, 15) is 10.1 Å². The normalized spacial score (nSPS) is 17.3. The zero-order chi connectivity index (χ0) is 22.4. The van der Waals surface area contributed by atoms with E-state index in [4.69, 9.17) is 4.74 Å². The maximum atomic E-state index is 11.5. The molecule has 2 aromatic carbocycles. The van der Waals surface area contributed by atoms with Gasteiger partial charge in [-0.15, -0.1) is 0 Å². The van der Waals surface area contributed by atoms with E-state index in [1.165, 1.54) is 0 Å². The highest BCUT2D eigenvalue weighted by molar-refractivity contribution is 6.18. The molecular weight excluding hydrogens is 398 g/mol. The Morgan fingerprint density at radius 3 is 2.39 bits per heavy atom. The van der Waals surface area contributed by atoms with Crippen LogP contribution in [-0.2, 0) is 0 Å². The lowest BCUT2D eigenvalue weighted by atomic mass is 10.1. The van der Waals surface area contributed by atoms with E-state index in [1.807, 2.05) is 43.3 Å². The smallest absolute Gasteiger partial charge is 0.309 e. The third-order valence-corrected chi connectivity index (χ3v) is 4.46. The van der Waals surface area contributed by atoms with Gasteiger partial charge in [-0.05, 0) is 48.9 Å². The molecule has 0 radical (unpaired) electrons. The monoisotopic (exact) mass is 421 g/mol. The first-order valence-corrected chi connectivity index (χ1v) is 9.44. The molecule has 1 N–H and O–H groups in total. The number of methoxy groups -OCH3 is 1. The summed E-state index contributed by atoms with van der Waals surface area (Å²) in [7, 11) is 5.49. The first-order chi connectivity index (χ1) is 14.9. The van der Waals surface area contributed by atoms with Crippen LogP contribution >= 0.6 is 0 Å². The van der Waals surface area contributed by atoms with E-state index in [0.29, 0.717) is 11.4 Å². The second-order valence-corrected chi connectivity index (χ2v) is 6.90. The minimum atomic E-state index is -1.23. The fourth-order valence-electron chi connectivity index (χ4n) is 2.80. The molecule has 0 fully saturated rings. The van der Waals surface area contributed by atoms with Gasteiger partial charge in [0.2, 0.25) is 11.8 Å². The van der Waals surface area contributed by atoms with Crippen LogP contribution < -0.4 is 15.1 Å². The molecule has 0 saturated heterocycles. The van der Waals surface area contributed by atoms with Crippen molar-refractivity contribution in [2.45, 2.75) is 13.0 Å². The van der Waals surface area contributed by atoms with Crippen molar-refractivity contribution in [1.29, 1.82) is 0 Å². The predicted octanol–water partition coefficient (Wildman–Crippen LogP) is 2.89. The quantitative estimate of drug-likeness (QED) is 0.437. The molecule has 0 bridgehead atoms. The van der Waals surface area contributed by atoms with Gasteiger partial charge in [0.15, 0.2) is 0 Å². The molecule has 10 heteroatoms. The number of hydrazone groups is 1.